The number of furan rings is 1. The Hall–Kier alpha value is -1.29. The van der Waals surface area contributed by atoms with E-state index in [0.29, 0.717) is 6.54 Å². The lowest BCUT2D eigenvalue weighted by Gasteiger charge is -2.34. The van der Waals surface area contributed by atoms with Crippen LogP contribution in [0, 0.1) is 6.92 Å². The minimum absolute atomic E-state index is 0.0778. The molecule has 0 aliphatic heterocycles. The summed E-state index contributed by atoms with van der Waals surface area (Å²) in [5, 5.41) is 3.05. The van der Waals surface area contributed by atoms with Crippen molar-refractivity contribution in [1.82, 2.24) is 10.2 Å². The molecule has 1 amide bonds. The van der Waals surface area contributed by atoms with Gasteiger partial charge in [0.15, 0.2) is 0 Å². The molecule has 1 heterocycles. The maximum atomic E-state index is 12.5. The molecular weight excluding hydrogens is 228 g/mol. The van der Waals surface area contributed by atoms with Crippen LogP contribution in [0.1, 0.15) is 39.2 Å². The summed E-state index contributed by atoms with van der Waals surface area (Å²) in [6.07, 6.45) is 0. The van der Waals surface area contributed by atoms with Gasteiger partial charge in [0.25, 0.3) is 0 Å². The van der Waals surface area contributed by atoms with Gasteiger partial charge in [-0.1, -0.05) is 0 Å². The standard InChI is InChI=1S/C14H24N2O2/c1-10(2)16(13(17)14(4,5)15-6)9-12-8-7-11(3)18-12/h7-8,10,15H,9H2,1-6H3. The van der Waals surface area contributed by atoms with Gasteiger partial charge in [0.05, 0.1) is 12.1 Å². The molecule has 102 valence electrons. The van der Waals surface area contributed by atoms with Crippen molar-refractivity contribution in [1.29, 1.82) is 0 Å². The van der Waals surface area contributed by atoms with Crippen LogP contribution in [0.3, 0.4) is 0 Å². The molecule has 0 aromatic carbocycles. The average molecular weight is 252 g/mol. The predicted octanol–water partition coefficient (Wildman–Crippen LogP) is 2.32. The van der Waals surface area contributed by atoms with E-state index in [9.17, 15) is 4.79 Å². The Morgan fingerprint density at radius 2 is 2.06 bits per heavy atom. The van der Waals surface area contributed by atoms with Crippen molar-refractivity contribution in [2.45, 2.75) is 52.7 Å². The maximum Gasteiger partial charge on any atom is 0.242 e. The first-order valence-corrected chi connectivity index (χ1v) is 6.33. The molecule has 0 saturated heterocycles. The van der Waals surface area contributed by atoms with Crippen LogP contribution < -0.4 is 5.32 Å². The minimum Gasteiger partial charge on any atom is -0.464 e. The summed E-state index contributed by atoms with van der Waals surface area (Å²) in [7, 11) is 1.80. The van der Waals surface area contributed by atoms with Crippen LogP contribution in [0.15, 0.2) is 16.5 Å². The van der Waals surface area contributed by atoms with E-state index in [1.54, 1.807) is 7.05 Å². The largest absolute Gasteiger partial charge is 0.464 e. The SMILES string of the molecule is CNC(C)(C)C(=O)N(Cc1ccc(C)o1)C(C)C. The molecule has 0 atom stereocenters. The Morgan fingerprint density at radius 3 is 2.44 bits per heavy atom. The number of nitrogens with one attached hydrogen (secondary N) is 1. The molecule has 1 N–H and O–H groups in total. The first-order valence-electron chi connectivity index (χ1n) is 6.33. The molecule has 4 heteroatoms. The van der Waals surface area contributed by atoms with Crippen molar-refractivity contribution in [2.75, 3.05) is 7.05 Å². The van der Waals surface area contributed by atoms with Gasteiger partial charge >= 0.3 is 0 Å². The fourth-order valence-electron chi connectivity index (χ4n) is 1.69. The number of likely N-dealkylation sites (N-methyl/N-ethyl adjacent to an activating group) is 1. The molecule has 0 aliphatic carbocycles. The first kappa shape index (κ1) is 14.8. The van der Waals surface area contributed by atoms with Crippen molar-refractivity contribution in [3.8, 4) is 0 Å². The average Bonchev–Trinajstić information content (AvgIpc) is 2.70. The van der Waals surface area contributed by atoms with Gasteiger partial charge in [0.1, 0.15) is 11.5 Å². The van der Waals surface area contributed by atoms with Crippen LogP contribution in [0.2, 0.25) is 0 Å². The summed E-state index contributed by atoms with van der Waals surface area (Å²) in [5.41, 5.74) is -0.564. The molecule has 0 fully saturated rings. The minimum atomic E-state index is -0.564. The Kier molecular flexibility index (Phi) is 4.57. The number of nitrogens with zero attached hydrogens (tertiary/aromatic N) is 1. The highest BCUT2D eigenvalue weighted by atomic mass is 16.3. The van der Waals surface area contributed by atoms with Crippen LogP contribution in [0.4, 0.5) is 0 Å². The molecule has 0 bridgehead atoms. The quantitative estimate of drug-likeness (QED) is 0.874. The molecule has 0 saturated carbocycles. The van der Waals surface area contributed by atoms with E-state index in [1.807, 2.05) is 51.7 Å². The summed E-state index contributed by atoms with van der Waals surface area (Å²) >= 11 is 0. The zero-order valence-corrected chi connectivity index (χ0v) is 12.2. The highest BCUT2D eigenvalue weighted by Gasteiger charge is 2.32. The van der Waals surface area contributed by atoms with Crippen molar-refractivity contribution in [3.63, 3.8) is 0 Å². The van der Waals surface area contributed by atoms with Gasteiger partial charge in [0, 0.05) is 6.04 Å². The lowest BCUT2D eigenvalue weighted by Crippen LogP contribution is -2.54. The molecule has 4 nitrogen and oxygen atoms in total. The number of amides is 1. The monoisotopic (exact) mass is 252 g/mol. The second-order valence-electron chi connectivity index (χ2n) is 5.41. The Morgan fingerprint density at radius 1 is 1.44 bits per heavy atom. The smallest absolute Gasteiger partial charge is 0.242 e. The van der Waals surface area contributed by atoms with Gasteiger partial charge in [0.2, 0.25) is 5.91 Å². The second-order valence-corrected chi connectivity index (χ2v) is 5.41. The Labute approximate surface area is 109 Å². The highest BCUT2D eigenvalue weighted by molar-refractivity contribution is 5.85. The summed E-state index contributed by atoms with van der Waals surface area (Å²) in [6.45, 7) is 10.2. The lowest BCUT2D eigenvalue weighted by atomic mass is 10.0. The third-order valence-electron chi connectivity index (χ3n) is 3.17. The maximum absolute atomic E-state index is 12.5. The highest BCUT2D eigenvalue weighted by Crippen LogP contribution is 2.16. The molecule has 18 heavy (non-hydrogen) atoms. The fraction of sp³-hybridized carbons (Fsp3) is 0.643. The number of hydrogen-bond acceptors (Lipinski definition) is 3. The van der Waals surface area contributed by atoms with Gasteiger partial charge in [-0.15, -0.1) is 0 Å². The van der Waals surface area contributed by atoms with E-state index in [0.717, 1.165) is 11.5 Å². The first-order chi connectivity index (χ1) is 8.27. The van der Waals surface area contributed by atoms with E-state index < -0.39 is 5.54 Å². The third-order valence-corrected chi connectivity index (χ3v) is 3.17. The van der Waals surface area contributed by atoms with Crippen LogP contribution in [0.25, 0.3) is 0 Å². The number of hydrogen-bond donors (Lipinski definition) is 1. The lowest BCUT2D eigenvalue weighted by molar-refractivity contribution is -0.139. The fourth-order valence-corrected chi connectivity index (χ4v) is 1.69. The van der Waals surface area contributed by atoms with Gasteiger partial charge in [-0.2, -0.15) is 0 Å². The summed E-state index contributed by atoms with van der Waals surface area (Å²) in [4.78, 5) is 14.3. The molecule has 0 aliphatic rings. The van der Waals surface area contributed by atoms with E-state index in [2.05, 4.69) is 5.32 Å². The Balaban J connectivity index is 2.87. The van der Waals surface area contributed by atoms with E-state index in [4.69, 9.17) is 4.42 Å². The van der Waals surface area contributed by atoms with Crippen LogP contribution in [-0.2, 0) is 11.3 Å². The normalized spacial score (nSPS) is 11.9. The van der Waals surface area contributed by atoms with E-state index in [1.165, 1.54) is 0 Å². The topological polar surface area (TPSA) is 45.5 Å². The van der Waals surface area contributed by atoms with Crippen molar-refractivity contribution in [2.24, 2.45) is 0 Å². The van der Waals surface area contributed by atoms with E-state index >= 15 is 0 Å². The summed E-state index contributed by atoms with van der Waals surface area (Å²) in [6, 6.07) is 3.97. The zero-order chi connectivity index (χ0) is 13.9. The summed E-state index contributed by atoms with van der Waals surface area (Å²) in [5.74, 6) is 1.77. The van der Waals surface area contributed by atoms with Crippen molar-refractivity contribution < 1.29 is 9.21 Å². The number of carbonyl (C=O) groups is 1. The van der Waals surface area contributed by atoms with Gasteiger partial charge < -0.3 is 14.6 Å². The van der Waals surface area contributed by atoms with E-state index in [-0.39, 0.29) is 11.9 Å². The molecule has 1 aromatic heterocycles. The van der Waals surface area contributed by atoms with Gasteiger partial charge in [-0.25, -0.2) is 0 Å². The third kappa shape index (κ3) is 3.35. The molecule has 0 spiro atoms. The van der Waals surface area contributed by atoms with Crippen molar-refractivity contribution in [3.05, 3.63) is 23.7 Å². The van der Waals surface area contributed by atoms with Gasteiger partial charge in [-0.3, -0.25) is 4.79 Å². The predicted molar refractivity (Wildman–Crippen MR) is 72.3 cm³/mol. The molecule has 0 radical (unpaired) electrons. The number of carbonyl (C=O) groups excluding carboxylic acids is 1. The molecular formula is C14H24N2O2. The molecule has 1 aromatic rings. The molecule has 1 rings (SSSR count). The van der Waals surface area contributed by atoms with Crippen LogP contribution >= 0.6 is 0 Å². The number of aryl methyl sites for hydroxylation is 1. The van der Waals surface area contributed by atoms with Crippen LogP contribution in [-0.4, -0.2) is 29.4 Å². The Bertz CT molecular complexity index is 408. The van der Waals surface area contributed by atoms with Crippen molar-refractivity contribution >= 4 is 5.91 Å². The molecule has 0 unspecified atom stereocenters. The van der Waals surface area contributed by atoms with Gasteiger partial charge in [-0.05, 0) is 53.8 Å². The number of rotatable bonds is 5. The van der Waals surface area contributed by atoms with Crippen LogP contribution in [0.5, 0.6) is 0 Å². The zero-order valence-electron chi connectivity index (χ0n) is 12.2. The second kappa shape index (κ2) is 5.57. The summed E-state index contributed by atoms with van der Waals surface area (Å²) < 4.78 is 5.55.